The largest absolute Gasteiger partial charge is 0.333 e. The number of Topliss-reactive ketones (excluding diaryl/α,β-unsaturated/α-hetero) is 1. The average molecular weight is 273 g/mol. The molecule has 0 radical (unpaired) electrons. The van der Waals surface area contributed by atoms with Crippen molar-refractivity contribution in [2.24, 2.45) is 0 Å². The third-order valence-corrected chi connectivity index (χ3v) is 4.20. The summed E-state index contributed by atoms with van der Waals surface area (Å²) in [5.74, 6) is 0.160. The number of benzene rings is 2. The number of ketones is 1. The van der Waals surface area contributed by atoms with Crippen LogP contribution in [-0.2, 0) is 6.54 Å². The Morgan fingerprint density at radius 2 is 1.71 bits per heavy atom. The minimum Gasteiger partial charge on any atom is -0.333 e. The highest BCUT2D eigenvalue weighted by molar-refractivity contribution is 6.16. The maximum atomic E-state index is 12.7. The summed E-state index contributed by atoms with van der Waals surface area (Å²) < 4.78 is 2.14. The van der Waals surface area contributed by atoms with E-state index in [0.717, 1.165) is 27.9 Å². The van der Waals surface area contributed by atoms with Crippen molar-refractivity contribution in [1.82, 2.24) is 4.57 Å². The van der Waals surface area contributed by atoms with Crippen LogP contribution < -0.4 is 0 Å². The highest BCUT2D eigenvalue weighted by Gasteiger charge is 2.29. The molecule has 0 bridgehead atoms. The van der Waals surface area contributed by atoms with Gasteiger partial charge in [-0.05, 0) is 30.2 Å². The third-order valence-electron chi connectivity index (χ3n) is 4.20. The van der Waals surface area contributed by atoms with Gasteiger partial charge in [-0.1, -0.05) is 48.5 Å². The molecule has 3 aromatic rings. The predicted octanol–water partition coefficient (Wildman–Crippen LogP) is 4.23. The van der Waals surface area contributed by atoms with Gasteiger partial charge in [0.25, 0.3) is 0 Å². The number of aromatic nitrogens is 1. The summed E-state index contributed by atoms with van der Waals surface area (Å²) in [6, 6.07) is 18.3. The van der Waals surface area contributed by atoms with Crippen LogP contribution in [0.5, 0.6) is 0 Å². The number of rotatable bonds is 1. The van der Waals surface area contributed by atoms with Crippen LogP contribution >= 0.6 is 0 Å². The fourth-order valence-electron chi connectivity index (χ4n) is 3.19. The Bertz CT molecular complexity index is 885. The van der Waals surface area contributed by atoms with Crippen LogP contribution in [0.1, 0.15) is 21.6 Å². The molecule has 0 saturated heterocycles. The van der Waals surface area contributed by atoms with Crippen LogP contribution in [0, 0.1) is 6.92 Å². The molecule has 4 rings (SSSR count). The van der Waals surface area contributed by atoms with E-state index < -0.39 is 0 Å². The topological polar surface area (TPSA) is 22.0 Å². The van der Waals surface area contributed by atoms with E-state index in [9.17, 15) is 4.79 Å². The fourth-order valence-corrected chi connectivity index (χ4v) is 3.19. The van der Waals surface area contributed by atoms with Crippen molar-refractivity contribution < 1.29 is 4.79 Å². The van der Waals surface area contributed by atoms with Gasteiger partial charge in [-0.3, -0.25) is 4.79 Å². The average Bonchev–Trinajstić information content (AvgIpc) is 2.98. The monoisotopic (exact) mass is 273 g/mol. The minimum atomic E-state index is 0.160. The Labute approximate surface area is 123 Å². The molecule has 1 aromatic heterocycles. The van der Waals surface area contributed by atoms with Crippen LogP contribution in [0.3, 0.4) is 0 Å². The van der Waals surface area contributed by atoms with Crippen LogP contribution in [0.15, 0.2) is 60.2 Å². The van der Waals surface area contributed by atoms with Gasteiger partial charge in [0.1, 0.15) is 0 Å². The number of carbonyl (C=O) groups is 1. The lowest BCUT2D eigenvalue weighted by Crippen LogP contribution is -1.97. The summed E-state index contributed by atoms with van der Waals surface area (Å²) in [4.78, 5) is 12.7. The van der Waals surface area contributed by atoms with Crippen molar-refractivity contribution in [1.29, 1.82) is 0 Å². The Balaban J connectivity index is 1.86. The normalized spacial score (nSPS) is 15.9. The first-order chi connectivity index (χ1) is 10.3. The van der Waals surface area contributed by atoms with Crippen molar-refractivity contribution in [3.63, 3.8) is 0 Å². The number of allylic oxidation sites excluding steroid dienone is 1. The highest BCUT2D eigenvalue weighted by Crippen LogP contribution is 2.33. The number of aryl methyl sites for hydroxylation is 1. The van der Waals surface area contributed by atoms with Crippen molar-refractivity contribution in [2.75, 3.05) is 0 Å². The lowest BCUT2D eigenvalue weighted by Gasteiger charge is -2.00. The molecule has 0 N–H and O–H groups in total. The van der Waals surface area contributed by atoms with Crippen molar-refractivity contribution in [3.8, 4) is 0 Å². The van der Waals surface area contributed by atoms with E-state index in [-0.39, 0.29) is 5.78 Å². The number of hydrogen-bond acceptors (Lipinski definition) is 1. The van der Waals surface area contributed by atoms with Gasteiger partial charge >= 0.3 is 0 Å². The molecule has 0 saturated carbocycles. The molecular formula is C19H15NO. The molecule has 0 spiro atoms. The first-order valence-electron chi connectivity index (χ1n) is 7.14. The smallest absolute Gasteiger partial charge is 0.207 e. The van der Waals surface area contributed by atoms with Crippen molar-refractivity contribution in [3.05, 3.63) is 77.0 Å². The number of fused-ring (bicyclic) bond motifs is 3. The van der Waals surface area contributed by atoms with E-state index in [1.807, 2.05) is 55.5 Å². The molecule has 1 aliphatic heterocycles. The molecule has 0 fully saturated rings. The Morgan fingerprint density at radius 3 is 2.52 bits per heavy atom. The van der Waals surface area contributed by atoms with Crippen LogP contribution in [0.2, 0.25) is 0 Å². The molecule has 0 atom stereocenters. The summed E-state index contributed by atoms with van der Waals surface area (Å²) in [5.41, 5.74) is 5.03. The number of para-hydroxylation sites is 1. The third kappa shape index (κ3) is 1.76. The summed E-state index contributed by atoms with van der Waals surface area (Å²) in [6.45, 7) is 2.70. The zero-order valence-corrected chi connectivity index (χ0v) is 11.8. The van der Waals surface area contributed by atoms with Crippen LogP contribution in [-0.4, -0.2) is 10.4 Å². The molecule has 0 aliphatic carbocycles. The molecular weight excluding hydrogens is 258 g/mol. The molecule has 102 valence electrons. The summed E-state index contributed by atoms with van der Waals surface area (Å²) in [6.07, 6.45) is 2.00. The summed E-state index contributed by atoms with van der Waals surface area (Å²) in [5, 5.41) is 1.18. The maximum Gasteiger partial charge on any atom is 0.207 e. The molecule has 1 aliphatic rings. The van der Waals surface area contributed by atoms with Crippen LogP contribution in [0.4, 0.5) is 0 Å². The lowest BCUT2D eigenvalue weighted by atomic mass is 10.0. The van der Waals surface area contributed by atoms with Crippen molar-refractivity contribution >= 4 is 22.8 Å². The molecule has 2 heteroatoms. The van der Waals surface area contributed by atoms with Crippen molar-refractivity contribution in [2.45, 2.75) is 13.5 Å². The second-order valence-electron chi connectivity index (χ2n) is 5.49. The van der Waals surface area contributed by atoms with Gasteiger partial charge in [0.2, 0.25) is 5.78 Å². The van der Waals surface area contributed by atoms with Gasteiger partial charge in [-0.25, -0.2) is 0 Å². The van der Waals surface area contributed by atoms with Gasteiger partial charge in [0.15, 0.2) is 0 Å². The van der Waals surface area contributed by atoms with E-state index in [1.54, 1.807) is 0 Å². The second kappa shape index (κ2) is 4.45. The zero-order chi connectivity index (χ0) is 14.4. The Hall–Kier alpha value is -2.61. The lowest BCUT2D eigenvalue weighted by molar-refractivity contribution is 0.103. The predicted molar refractivity (Wildman–Crippen MR) is 85.4 cm³/mol. The van der Waals surface area contributed by atoms with Gasteiger partial charge in [-0.2, -0.15) is 0 Å². The SMILES string of the molecule is Cc1c2n(c3ccccc13)C/C(=C\c1ccccc1)C2=O. The molecule has 2 heterocycles. The number of nitrogens with zero attached hydrogens (tertiary/aromatic N) is 1. The van der Waals surface area contributed by atoms with Gasteiger partial charge < -0.3 is 4.57 Å². The molecule has 2 nitrogen and oxygen atoms in total. The molecule has 0 amide bonds. The fraction of sp³-hybridized carbons (Fsp3) is 0.105. The minimum absolute atomic E-state index is 0.160. The highest BCUT2D eigenvalue weighted by atomic mass is 16.1. The van der Waals surface area contributed by atoms with E-state index in [0.29, 0.717) is 6.54 Å². The Morgan fingerprint density at radius 1 is 1.00 bits per heavy atom. The summed E-state index contributed by atoms with van der Waals surface area (Å²) >= 11 is 0. The second-order valence-corrected chi connectivity index (χ2v) is 5.49. The standard InChI is InChI=1S/C19H15NO/c1-13-16-9-5-6-10-17(16)20-12-15(19(21)18(13)20)11-14-7-3-2-4-8-14/h2-11H,12H2,1H3/b15-11+. The van der Waals surface area contributed by atoms with E-state index in [4.69, 9.17) is 0 Å². The maximum absolute atomic E-state index is 12.7. The van der Waals surface area contributed by atoms with Gasteiger partial charge in [0, 0.05) is 16.5 Å². The Kier molecular flexibility index (Phi) is 2.58. The zero-order valence-electron chi connectivity index (χ0n) is 11.8. The van der Waals surface area contributed by atoms with Gasteiger partial charge in [0.05, 0.1) is 12.2 Å². The van der Waals surface area contributed by atoms with Crippen LogP contribution in [0.25, 0.3) is 17.0 Å². The van der Waals surface area contributed by atoms with Gasteiger partial charge in [-0.15, -0.1) is 0 Å². The first kappa shape index (κ1) is 12.2. The summed E-state index contributed by atoms with van der Waals surface area (Å²) in [7, 11) is 0. The number of carbonyl (C=O) groups excluding carboxylic acids is 1. The molecule has 21 heavy (non-hydrogen) atoms. The van der Waals surface area contributed by atoms with E-state index >= 15 is 0 Å². The molecule has 0 unspecified atom stereocenters. The van der Waals surface area contributed by atoms with E-state index in [2.05, 4.69) is 16.7 Å². The van der Waals surface area contributed by atoms with E-state index in [1.165, 1.54) is 5.39 Å². The quantitative estimate of drug-likeness (QED) is 0.608. The molecule has 2 aromatic carbocycles. The first-order valence-corrected chi connectivity index (χ1v) is 7.14. The number of hydrogen-bond donors (Lipinski definition) is 0.